The van der Waals surface area contributed by atoms with Gasteiger partial charge < -0.3 is 19.9 Å². The Morgan fingerprint density at radius 3 is 2.46 bits per heavy atom. The summed E-state index contributed by atoms with van der Waals surface area (Å²) in [6.45, 7) is 7.64. The molecule has 2 rings (SSSR count). The lowest BCUT2D eigenvalue weighted by Crippen LogP contribution is -2.53. The number of ether oxygens (including phenoxy) is 1. The summed E-state index contributed by atoms with van der Waals surface area (Å²) in [4.78, 5) is 19.8. The van der Waals surface area contributed by atoms with E-state index in [1.165, 1.54) is 6.07 Å². The minimum Gasteiger partial charge on any atom is -0.459 e. The van der Waals surface area contributed by atoms with Gasteiger partial charge in [-0.2, -0.15) is 0 Å². The fourth-order valence-electron chi connectivity index (χ4n) is 2.75. The molecule has 0 radical (unpaired) electrons. The molecule has 6 nitrogen and oxygen atoms in total. The molecule has 0 aromatic heterocycles. The number of hydrogen-bond acceptors (Lipinski definition) is 4. The number of carbonyl (C=O) groups excluding carboxylic acids is 1. The summed E-state index contributed by atoms with van der Waals surface area (Å²) in [6.07, 6.45) is 0. The van der Waals surface area contributed by atoms with Crippen LogP contribution in [0.5, 0.6) is 0 Å². The fourth-order valence-corrected chi connectivity index (χ4v) is 2.75. The summed E-state index contributed by atoms with van der Waals surface area (Å²) in [6, 6.07) is 3.45. The Hall–Kier alpha value is -2.38. The van der Waals surface area contributed by atoms with E-state index in [1.54, 1.807) is 11.9 Å². The first-order valence-electron chi connectivity index (χ1n) is 8.57. The average Bonchev–Trinajstić information content (AvgIpc) is 2.56. The van der Waals surface area contributed by atoms with E-state index in [0.29, 0.717) is 32.1 Å². The molecule has 8 heteroatoms. The molecule has 1 heterocycles. The molecule has 0 bridgehead atoms. The summed E-state index contributed by atoms with van der Waals surface area (Å²) in [5, 5.41) is 2.99. The number of nitrogens with zero attached hydrogens (tertiary/aromatic N) is 3. The first kappa shape index (κ1) is 19.9. The number of benzene rings is 1. The van der Waals surface area contributed by atoms with Crippen molar-refractivity contribution in [2.24, 2.45) is 4.99 Å². The predicted octanol–water partition coefficient (Wildman–Crippen LogP) is 2.00. The van der Waals surface area contributed by atoms with Crippen LogP contribution in [0.2, 0.25) is 0 Å². The van der Waals surface area contributed by atoms with Gasteiger partial charge in [0.1, 0.15) is 23.8 Å². The molecule has 0 saturated carbocycles. The van der Waals surface area contributed by atoms with Crippen molar-refractivity contribution in [3.8, 4) is 0 Å². The molecule has 144 valence electrons. The lowest BCUT2D eigenvalue weighted by molar-refractivity contribution is -0.153. The summed E-state index contributed by atoms with van der Waals surface area (Å²) in [5.74, 6) is -0.680. The van der Waals surface area contributed by atoms with Gasteiger partial charge in [-0.15, -0.1) is 0 Å². The second-order valence-electron chi connectivity index (χ2n) is 7.06. The Bertz CT molecular complexity index is 666. The Labute approximate surface area is 152 Å². The van der Waals surface area contributed by atoms with Crippen LogP contribution in [0.15, 0.2) is 23.2 Å². The maximum absolute atomic E-state index is 13.9. The van der Waals surface area contributed by atoms with Crippen LogP contribution in [0.1, 0.15) is 20.8 Å². The molecule has 0 spiro atoms. The van der Waals surface area contributed by atoms with Crippen LogP contribution in [0.4, 0.5) is 14.5 Å². The molecule has 26 heavy (non-hydrogen) atoms. The zero-order valence-corrected chi connectivity index (χ0v) is 15.7. The number of anilines is 1. The second kappa shape index (κ2) is 8.33. The highest BCUT2D eigenvalue weighted by Gasteiger charge is 2.23. The number of rotatable bonds is 3. The quantitative estimate of drug-likeness (QED) is 0.502. The Kier molecular flexibility index (Phi) is 6.39. The number of carbonyl (C=O) groups is 1. The van der Waals surface area contributed by atoms with E-state index < -0.39 is 17.2 Å². The number of guanidine groups is 1. The smallest absolute Gasteiger partial charge is 0.325 e. The number of aliphatic imine (C=N–C) groups is 1. The number of esters is 1. The topological polar surface area (TPSA) is 57.2 Å². The Morgan fingerprint density at radius 1 is 1.23 bits per heavy atom. The van der Waals surface area contributed by atoms with Gasteiger partial charge in [-0.1, -0.05) is 0 Å². The van der Waals surface area contributed by atoms with E-state index in [1.807, 2.05) is 25.7 Å². The van der Waals surface area contributed by atoms with E-state index in [2.05, 4.69) is 10.3 Å². The number of halogens is 2. The van der Waals surface area contributed by atoms with Crippen LogP contribution in [-0.2, 0) is 9.53 Å². The molecule has 1 N–H and O–H groups in total. The highest BCUT2D eigenvalue weighted by atomic mass is 19.1. The average molecular weight is 368 g/mol. The molecular formula is C18H26F2N4O2. The molecule has 1 aromatic carbocycles. The number of piperazine rings is 1. The van der Waals surface area contributed by atoms with Gasteiger partial charge in [-0.05, 0) is 32.9 Å². The standard InChI is InChI=1S/C18H26F2N4O2/c1-18(2,3)26-16(25)12-22-17(21-4)24-9-7-23(8-10-24)15-11-13(19)5-6-14(15)20/h5-6,11H,7-10,12H2,1-4H3,(H,21,22). The van der Waals surface area contributed by atoms with E-state index in [4.69, 9.17) is 4.74 Å². The van der Waals surface area contributed by atoms with Gasteiger partial charge in [0.25, 0.3) is 0 Å². The van der Waals surface area contributed by atoms with Gasteiger partial charge in [-0.3, -0.25) is 9.79 Å². The van der Waals surface area contributed by atoms with Crippen LogP contribution >= 0.6 is 0 Å². The van der Waals surface area contributed by atoms with E-state index in [9.17, 15) is 13.6 Å². The minimum atomic E-state index is -0.539. The van der Waals surface area contributed by atoms with Crippen LogP contribution in [-0.4, -0.2) is 62.2 Å². The molecule has 1 fully saturated rings. The van der Waals surface area contributed by atoms with E-state index >= 15 is 0 Å². The molecular weight excluding hydrogens is 342 g/mol. The van der Waals surface area contributed by atoms with Crippen LogP contribution < -0.4 is 10.2 Å². The van der Waals surface area contributed by atoms with Crippen molar-refractivity contribution >= 4 is 17.6 Å². The van der Waals surface area contributed by atoms with Crippen molar-refractivity contribution in [3.05, 3.63) is 29.8 Å². The molecule has 0 aliphatic carbocycles. The van der Waals surface area contributed by atoms with Crippen molar-refractivity contribution in [3.63, 3.8) is 0 Å². The van der Waals surface area contributed by atoms with E-state index in [-0.39, 0.29) is 18.2 Å². The van der Waals surface area contributed by atoms with Crippen molar-refractivity contribution in [2.45, 2.75) is 26.4 Å². The minimum absolute atomic E-state index is 0.0165. The number of hydrogen-bond donors (Lipinski definition) is 1. The maximum atomic E-state index is 13.9. The maximum Gasteiger partial charge on any atom is 0.325 e. The zero-order chi connectivity index (χ0) is 19.3. The van der Waals surface area contributed by atoms with Crippen LogP contribution in [0.25, 0.3) is 0 Å². The summed E-state index contributed by atoms with van der Waals surface area (Å²) in [5.41, 5.74) is -0.274. The molecule has 1 aliphatic heterocycles. The van der Waals surface area contributed by atoms with Crippen molar-refractivity contribution in [1.29, 1.82) is 0 Å². The monoisotopic (exact) mass is 368 g/mol. The fraction of sp³-hybridized carbons (Fsp3) is 0.556. The first-order chi connectivity index (χ1) is 12.2. The van der Waals surface area contributed by atoms with Gasteiger partial charge >= 0.3 is 5.97 Å². The van der Waals surface area contributed by atoms with Crippen molar-refractivity contribution < 1.29 is 18.3 Å². The molecule has 1 aliphatic rings. The number of nitrogens with one attached hydrogen (secondary N) is 1. The predicted molar refractivity (Wildman–Crippen MR) is 97.4 cm³/mol. The highest BCUT2D eigenvalue weighted by molar-refractivity contribution is 5.84. The summed E-state index contributed by atoms with van der Waals surface area (Å²) < 4.78 is 32.5. The Balaban J connectivity index is 1.89. The van der Waals surface area contributed by atoms with Crippen molar-refractivity contribution in [2.75, 3.05) is 44.7 Å². The lowest BCUT2D eigenvalue weighted by Gasteiger charge is -2.37. The van der Waals surface area contributed by atoms with Gasteiger partial charge in [0.2, 0.25) is 0 Å². The van der Waals surface area contributed by atoms with Crippen LogP contribution in [0.3, 0.4) is 0 Å². The summed E-state index contributed by atoms with van der Waals surface area (Å²) >= 11 is 0. The molecule has 0 atom stereocenters. The summed E-state index contributed by atoms with van der Waals surface area (Å²) in [7, 11) is 1.63. The van der Waals surface area contributed by atoms with Crippen LogP contribution in [0, 0.1) is 11.6 Å². The molecule has 1 saturated heterocycles. The van der Waals surface area contributed by atoms with E-state index in [0.717, 1.165) is 12.1 Å². The Morgan fingerprint density at radius 2 is 1.88 bits per heavy atom. The molecule has 0 amide bonds. The zero-order valence-electron chi connectivity index (χ0n) is 15.7. The second-order valence-corrected chi connectivity index (χ2v) is 7.06. The van der Waals surface area contributed by atoms with Gasteiger partial charge in [0, 0.05) is 39.3 Å². The first-order valence-corrected chi connectivity index (χ1v) is 8.57. The normalized spacial score (nSPS) is 15.8. The lowest BCUT2D eigenvalue weighted by atomic mass is 10.2. The van der Waals surface area contributed by atoms with Gasteiger partial charge in [-0.25, -0.2) is 8.78 Å². The van der Waals surface area contributed by atoms with Crippen molar-refractivity contribution in [1.82, 2.24) is 10.2 Å². The molecule has 0 unspecified atom stereocenters. The third-order valence-electron chi connectivity index (χ3n) is 3.85. The SMILES string of the molecule is CN=C(NCC(=O)OC(C)(C)C)N1CCN(c2cc(F)ccc2F)CC1. The highest BCUT2D eigenvalue weighted by Crippen LogP contribution is 2.21. The third-order valence-corrected chi connectivity index (χ3v) is 3.85. The van der Waals surface area contributed by atoms with Gasteiger partial charge in [0.05, 0.1) is 5.69 Å². The largest absolute Gasteiger partial charge is 0.459 e. The third kappa shape index (κ3) is 5.57. The molecule has 1 aromatic rings. The van der Waals surface area contributed by atoms with Gasteiger partial charge in [0.15, 0.2) is 5.96 Å².